The molecule has 122 valence electrons. The monoisotopic (exact) mass is 336 g/mol. The third-order valence-corrected chi connectivity index (χ3v) is 3.82. The van der Waals surface area contributed by atoms with Crippen molar-refractivity contribution in [2.75, 3.05) is 27.4 Å². The highest BCUT2D eigenvalue weighted by Gasteiger charge is 2.23. The number of methoxy groups -OCH3 is 2. The molecule has 1 unspecified atom stereocenters. The van der Waals surface area contributed by atoms with Crippen LogP contribution < -0.4 is 9.47 Å². The number of hydrogen-bond donors (Lipinski definition) is 0. The summed E-state index contributed by atoms with van der Waals surface area (Å²) < 4.78 is 15.7. The van der Waals surface area contributed by atoms with Gasteiger partial charge in [-0.3, -0.25) is 0 Å². The first kappa shape index (κ1) is 15.8. The molecule has 2 aromatic rings. The Morgan fingerprint density at radius 2 is 2.00 bits per heavy atom. The van der Waals surface area contributed by atoms with Gasteiger partial charge in [0.2, 0.25) is 0 Å². The molecule has 0 amide bonds. The van der Waals surface area contributed by atoms with Crippen molar-refractivity contribution < 1.29 is 19.0 Å². The molecule has 0 bridgehead atoms. The summed E-state index contributed by atoms with van der Waals surface area (Å²) in [5, 5.41) is 5.31. The SMILES string of the molecule is COc1cc2cc(C(C)=NOCC3CO3)c(Cl)nc2cc1OC. The van der Waals surface area contributed by atoms with E-state index in [2.05, 4.69) is 10.1 Å². The summed E-state index contributed by atoms with van der Waals surface area (Å²) >= 11 is 6.28. The molecule has 0 radical (unpaired) electrons. The van der Waals surface area contributed by atoms with E-state index < -0.39 is 0 Å². The first-order valence-corrected chi connectivity index (χ1v) is 7.51. The molecule has 0 spiro atoms. The van der Waals surface area contributed by atoms with Crippen LogP contribution in [-0.4, -0.2) is 44.2 Å². The van der Waals surface area contributed by atoms with Crippen LogP contribution in [0.15, 0.2) is 23.4 Å². The average molecular weight is 337 g/mol. The molecule has 0 saturated carbocycles. The second kappa shape index (κ2) is 6.60. The van der Waals surface area contributed by atoms with Gasteiger partial charge < -0.3 is 19.0 Å². The fourth-order valence-electron chi connectivity index (χ4n) is 2.16. The Balaban J connectivity index is 1.95. The van der Waals surface area contributed by atoms with Crippen molar-refractivity contribution in [3.05, 3.63) is 28.9 Å². The maximum Gasteiger partial charge on any atom is 0.162 e. The van der Waals surface area contributed by atoms with Crippen LogP contribution in [0, 0.1) is 0 Å². The number of hydrogen-bond acceptors (Lipinski definition) is 6. The lowest BCUT2D eigenvalue weighted by molar-refractivity contribution is 0.125. The highest BCUT2D eigenvalue weighted by Crippen LogP contribution is 2.33. The van der Waals surface area contributed by atoms with E-state index in [4.69, 9.17) is 30.6 Å². The molecule has 3 rings (SSSR count). The minimum Gasteiger partial charge on any atom is -0.493 e. The molecular formula is C16H17ClN2O4. The Bertz CT molecular complexity index is 759. The Hall–Kier alpha value is -2.05. The zero-order chi connectivity index (χ0) is 16.4. The van der Waals surface area contributed by atoms with Gasteiger partial charge in [-0.1, -0.05) is 16.8 Å². The summed E-state index contributed by atoms with van der Waals surface area (Å²) in [7, 11) is 3.17. The second-order valence-corrected chi connectivity index (χ2v) is 5.51. The molecule has 23 heavy (non-hydrogen) atoms. The summed E-state index contributed by atoms with van der Waals surface area (Å²) in [6.45, 7) is 3.00. The van der Waals surface area contributed by atoms with Gasteiger partial charge in [0.05, 0.1) is 32.1 Å². The summed E-state index contributed by atoms with van der Waals surface area (Å²) in [4.78, 5) is 9.66. The summed E-state index contributed by atoms with van der Waals surface area (Å²) in [6.07, 6.45) is 0.161. The average Bonchev–Trinajstić information content (AvgIpc) is 3.37. The van der Waals surface area contributed by atoms with Crippen LogP contribution in [0.2, 0.25) is 5.15 Å². The number of aromatic nitrogens is 1. The number of fused-ring (bicyclic) bond motifs is 1. The Kier molecular flexibility index (Phi) is 4.54. The summed E-state index contributed by atoms with van der Waals surface area (Å²) in [5.41, 5.74) is 2.08. The van der Waals surface area contributed by atoms with Crippen molar-refractivity contribution in [2.45, 2.75) is 13.0 Å². The minimum atomic E-state index is 0.161. The van der Waals surface area contributed by atoms with Crippen LogP contribution in [0.1, 0.15) is 12.5 Å². The summed E-state index contributed by atoms with van der Waals surface area (Å²) in [6, 6.07) is 5.55. The zero-order valence-corrected chi connectivity index (χ0v) is 13.9. The Morgan fingerprint density at radius 1 is 1.30 bits per heavy atom. The Morgan fingerprint density at radius 3 is 2.65 bits per heavy atom. The fraction of sp³-hybridized carbons (Fsp3) is 0.375. The van der Waals surface area contributed by atoms with E-state index >= 15 is 0 Å². The molecule has 1 aliphatic heterocycles. The van der Waals surface area contributed by atoms with Gasteiger partial charge in [-0.2, -0.15) is 0 Å². The topological polar surface area (TPSA) is 65.5 Å². The van der Waals surface area contributed by atoms with Crippen LogP contribution >= 0.6 is 11.6 Å². The quantitative estimate of drug-likeness (QED) is 0.351. The second-order valence-electron chi connectivity index (χ2n) is 5.15. The molecule has 7 heteroatoms. The lowest BCUT2D eigenvalue weighted by Crippen LogP contribution is -2.03. The van der Waals surface area contributed by atoms with Crippen LogP contribution in [0.25, 0.3) is 10.9 Å². The molecule has 1 saturated heterocycles. The van der Waals surface area contributed by atoms with Crippen LogP contribution in [0.4, 0.5) is 0 Å². The molecule has 1 aromatic carbocycles. The number of halogens is 1. The van der Waals surface area contributed by atoms with E-state index in [9.17, 15) is 0 Å². The van der Waals surface area contributed by atoms with Gasteiger partial charge in [-0.05, 0) is 19.1 Å². The van der Waals surface area contributed by atoms with Crippen molar-refractivity contribution in [1.29, 1.82) is 0 Å². The van der Waals surface area contributed by atoms with Crippen molar-refractivity contribution in [2.24, 2.45) is 5.16 Å². The standard InChI is InChI=1S/C16H17ClN2O4/c1-9(19-23-8-11-7-22-11)12-4-10-5-14(20-2)15(21-3)6-13(10)18-16(12)17/h4-6,11H,7-8H2,1-3H3. The number of ether oxygens (including phenoxy) is 3. The van der Waals surface area contributed by atoms with Gasteiger partial charge in [0.25, 0.3) is 0 Å². The van der Waals surface area contributed by atoms with E-state index in [1.807, 2.05) is 19.1 Å². The van der Waals surface area contributed by atoms with Crippen molar-refractivity contribution in [3.8, 4) is 11.5 Å². The number of nitrogens with zero attached hydrogens (tertiary/aromatic N) is 2. The summed E-state index contributed by atoms with van der Waals surface area (Å²) in [5.74, 6) is 1.24. The van der Waals surface area contributed by atoms with Gasteiger partial charge in [-0.15, -0.1) is 0 Å². The van der Waals surface area contributed by atoms with Crippen molar-refractivity contribution in [3.63, 3.8) is 0 Å². The maximum atomic E-state index is 6.28. The molecule has 6 nitrogen and oxygen atoms in total. The first-order valence-electron chi connectivity index (χ1n) is 7.13. The largest absolute Gasteiger partial charge is 0.493 e. The van der Waals surface area contributed by atoms with Gasteiger partial charge in [0.1, 0.15) is 17.9 Å². The number of pyridine rings is 1. The van der Waals surface area contributed by atoms with E-state index in [-0.39, 0.29) is 6.10 Å². The molecule has 0 N–H and O–H groups in total. The molecule has 2 heterocycles. The molecule has 1 aromatic heterocycles. The highest BCUT2D eigenvalue weighted by atomic mass is 35.5. The third kappa shape index (κ3) is 3.48. The van der Waals surface area contributed by atoms with E-state index in [0.717, 1.165) is 17.5 Å². The van der Waals surface area contributed by atoms with E-state index in [1.54, 1.807) is 20.3 Å². The maximum absolute atomic E-state index is 6.28. The lowest BCUT2D eigenvalue weighted by Gasteiger charge is -2.10. The van der Waals surface area contributed by atoms with Crippen LogP contribution in [0.5, 0.6) is 11.5 Å². The fourth-order valence-corrected chi connectivity index (χ4v) is 2.44. The predicted octanol–water partition coefficient (Wildman–Crippen LogP) is 3.04. The van der Waals surface area contributed by atoms with Gasteiger partial charge >= 0.3 is 0 Å². The first-order chi connectivity index (χ1) is 11.1. The highest BCUT2D eigenvalue weighted by molar-refractivity contribution is 6.33. The molecule has 1 aliphatic rings. The van der Waals surface area contributed by atoms with Crippen molar-refractivity contribution >= 4 is 28.2 Å². The molecule has 1 fully saturated rings. The lowest BCUT2D eigenvalue weighted by atomic mass is 10.1. The van der Waals surface area contributed by atoms with E-state index in [0.29, 0.717) is 34.5 Å². The van der Waals surface area contributed by atoms with Gasteiger partial charge in [0.15, 0.2) is 11.5 Å². The number of benzene rings is 1. The van der Waals surface area contributed by atoms with Gasteiger partial charge in [-0.25, -0.2) is 4.98 Å². The Labute approximate surface area is 138 Å². The molecule has 0 aliphatic carbocycles. The predicted molar refractivity (Wildman–Crippen MR) is 87.8 cm³/mol. The number of rotatable bonds is 6. The molecule has 1 atom stereocenters. The van der Waals surface area contributed by atoms with Crippen molar-refractivity contribution in [1.82, 2.24) is 4.98 Å². The number of oxime groups is 1. The van der Waals surface area contributed by atoms with Crippen LogP contribution in [-0.2, 0) is 9.57 Å². The third-order valence-electron chi connectivity index (χ3n) is 3.53. The van der Waals surface area contributed by atoms with E-state index in [1.165, 1.54) is 0 Å². The molecular weight excluding hydrogens is 320 g/mol. The zero-order valence-electron chi connectivity index (χ0n) is 13.1. The number of epoxide rings is 1. The normalized spacial score (nSPS) is 17.2. The van der Waals surface area contributed by atoms with Crippen LogP contribution in [0.3, 0.4) is 0 Å². The van der Waals surface area contributed by atoms with Gasteiger partial charge in [0, 0.05) is 17.0 Å². The minimum absolute atomic E-state index is 0.161. The smallest absolute Gasteiger partial charge is 0.162 e.